The lowest BCUT2D eigenvalue weighted by Crippen LogP contribution is -2.17. The van der Waals surface area contributed by atoms with Crippen molar-refractivity contribution < 1.29 is 9.66 Å². The zero-order valence-electron chi connectivity index (χ0n) is 9.49. The monoisotopic (exact) mass is 243 g/mol. The van der Waals surface area contributed by atoms with Gasteiger partial charge in [0.2, 0.25) is 0 Å². The van der Waals surface area contributed by atoms with Gasteiger partial charge in [0.05, 0.1) is 11.5 Å². The highest BCUT2D eigenvalue weighted by Crippen LogP contribution is 2.31. The zero-order chi connectivity index (χ0) is 12.3. The maximum Gasteiger partial charge on any atom is 0.311 e. The lowest BCUT2D eigenvalue weighted by atomic mass is 9.99. The van der Waals surface area contributed by atoms with Crippen LogP contribution in [-0.4, -0.2) is 11.5 Å². The Kier molecular flexibility index (Phi) is 3.75. The van der Waals surface area contributed by atoms with Gasteiger partial charge in [-0.1, -0.05) is 32.4 Å². The number of hydrogen-bond acceptors (Lipinski definition) is 3. The van der Waals surface area contributed by atoms with Crippen LogP contribution in [0.25, 0.3) is 0 Å². The van der Waals surface area contributed by atoms with Crippen LogP contribution in [-0.2, 0) is 0 Å². The predicted octanol–water partition coefficient (Wildman–Crippen LogP) is 3.67. The Hall–Kier alpha value is -1.29. The average molecular weight is 244 g/mol. The first-order valence-electron chi connectivity index (χ1n) is 4.86. The third kappa shape index (κ3) is 3.70. The zero-order valence-corrected chi connectivity index (χ0v) is 10.2. The van der Waals surface area contributed by atoms with E-state index in [0.717, 1.165) is 0 Å². The van der Waals surface area contributed by atoms with E-state index < -0.39 is 4.92 Å². The highest BCUT2D eigenvalue weighted by molar-refractivity contribution is 6.30. The van der Waals surface area contributed by atoms with Crippen LogP contribution in [0.4, 0.5) is 5.69 Å². The van der Waals surface area contributed by atoms with Crippen molar-refractivity contribution in [3.8, 4) is 5.75 Å². The second-order valence-corrected chi connectivity index (χ2v) is 5.15. The first kappa shape index (κ1) is 12.8. The first-order valence-corrected chi connectivity index (χ1v) is 5.24. The summed E-state index contributed by atoms with van der Waals surface area (Å²) in [6, 6.07) is 4.29. The highest BCUT2D eigenvalue weighted by atomic mass is 35.5. The average Bonchev–Trinajstić information content (AvgIpc) is 2.13. The van der Waals surface area contributed by atoms with E-state index in [4.69, 9.17) is 16.3 Å². The Morgan fingerprint density at radius 1 is 1.44 bits per heavy atom. The summed E-state index contributed by atoms with van der Waals surface area (Å²) < 4.78 is 5.42. The molecule has 0 aliphatic rings. The van der Waals surface area contributed by atoms with Gasteiger partial charge in [-0.2, -0.15) is 0 Å². The topological polar surface area (TPSA) is 52.4 Å². The van der Waals surface area contributed by atoms with Gasteiger partial charge in [0, 0.05) is 17.2 Å². The Bertz CT molecular complexity index is 399. The number of halogens is 1. The van der Waals surface area contributed by atoms with Gasteiger partial charge in [-0.05, 0) is 11.5 Å². The van der Waals surface area contributed by atoms with Crippen molar-refractivity contribution in [3.05, 3.63) is 33.3 Å². The fourth-order valence-corrected chi connectivity index (χ4v) is 1.21. The molecule has 0 spiro atoms. The Morgan fingerprint density at radius 3 is 2.56 bits per heavy atom. The van der Waals surface area contributed by atoms with Crippen LogP contribution < -0.4 is 4.74 Å². The summed E-state index contributed by atoms with van der Waals surface area (Å²) in [4.78, 5) is 10.3. The molecule has 0 aliphatic heterocycles. The van der Waals surface area contributed by atoms with Crippen LogP contribution in [0.1, 0.15) is 20.8 Å². The molecule has 0 saturated heterocycles. The third-order valence-electron chi connectivity index (χ3n) is 1.78. The Balaban J connectivity index is 2.93. The summed E-state index contributed by atoms with van der Waals surface area (Å²) in [5.41, 5.74) is -0.121. The molecule has 88 valence electrons. The summed E-state index contributed by atoms with van der Waals surface area (Å²) in [6.45, 7) is 6.37. The smallest absolute Gasteiger partial charge is 0.311 e. The molecule has 1 aromatic rings. The normalized spacial score (nSPS) is 11.2. The first-order chi connectivity index (χ1) is 7.29. The quantitative estimate of drug-likeness (QED) is 0.601. The summed E-state index contributed by atoms with van der Waals surface area (Å²) in [5.74, 6) is 0.215. The fourth-order valence-electron chi connectivity index (χ4n) is 1.05. The number of nitrogens with zero attached hydrogens (tertiary/aromatic N) is 1. The van der Waals surface area contributed by atoms with Gasteiger partial charge in [0.15, 0.2) is 5.75 Å². The maximum absolute atomic E-state index is 10.7. The summed E-state index contributed by atoms with van der Waals surface area (Å²) in [7, 11) is 0. The van der Waals surface area contributed by atoms with Gasteiger partial charge in [-0.15, -0.1) is 0 Å². The van der Waals surface area contributed by atoms with Gasteiger partial charge in [0.25, 0.3) is 0 Å². The number of nitro benzene ring substituents is 1. The van der Waals surface area contributed by atoms with Crippen molar-refractivity contribution in [2.45, 2.75) is 20.8 Å². The lowest BCUT2D eigenvalue weighted by molar-refractivity contribution is -0.385. The van der Waals surface area contributed by atoms with Gasteiger partial charge in [-0.25, -0.2) is 0 Å². The summed E-state index contributed by atoms with van der Waals surface area (Å²) in [5, 5.41) is 11.2. The second-order valence-electron chi connectivity index (χ2n) is 4.72. The van der Waals surface area contributed by atoms with E-state index >= 15 is 0 Å². The SMILES string of the molecule is CC(C)(C)COc1cc(Cl)ccc1[N+](=O)[O-]. The molecule has 0 radical (unpaired) electrons. The van der Waals surface area contributed by atoms with Gasteiger partial charge in [-0.3, -0.25) is 10.1 Å². The minimum Gasteiger partial charge on any atom is -0.486 e. The number of benzene rings is 1. The number of rotatable bonds is 3. The molecule has 0 amide bonds. The van der Waals surface area contributed by atoms with E-state index in [1.807, 2.05) is 20.8 Å². The summed E-state index contributed by atoms with van der Waals surface area (Å²) in [6.07, 6.45) is 0. The predicted molar refractivity (Wildman–Crippen MR) is 63.1 cm³/mol. The molecule has 0 unspecified atom stereocenters. The third-order valence-corrected chi connectivity index (χ3v) is 2.01. The summed E-state index contributed by atoms with van der Waals surface area (Å²) >= 11 is 5.77. The van der Waals surface area contributed by atoms with Crippen molar-refractivity contribution in [3.63, 3.8) is 0 Å². The second kappa shape index (κ2) is 4.70. The van der Waals surface area contributed by atoms with Crippen LogP contribution in [0.2, 0.25) is 5.02 Å². The van der Waals surface area contributed by atoms with E-state index in [1.54, 1.807) is 0 Å². The van der Waals surface area contributed by atoms with Crippen LogP contribution >= 0.6 is 11.6 Å². The number of hydrogen-bond donors (Lipinski definition) is 0. The number of nitro groups is 1. The van der Waals surface area contributed by atoms with Crippen LogP contribution in [0, 0.1) is 15.5 Å². The molecule has 0 N–H and O–H groups in total. The Labute approximate surface area is 99.3 Å². The van der Waals surface area contributed by atoms with Crippen molar-refractivity contribution in [1.29, 1.82) is 0 Å². The maximum atomic E-state index is 10.7. The molecule has 0 fully saturated rings. The van der Waals surface area contributed by atoms with Crippen molar-refractivity contribution in [1.82, 2.24) is 0 Å². The number of ether oxygens (including phenoxy) is 1. The molecule has 0 bridgehead atoms. The van der Waals surface area contributed by atoms with E-state index in [9.17, 15) is 10.1 Å². The van der Waals surface area contributed by atoms with Crippen molar-refractivity contribution in [2.24, 2.45) is 5.41 Å². The largest absolute Gasteiger partial charge is 0.486 e. The van der Waals surface area contributed by atoms with Crippen LogP contribution in [0.5, 0.6) is 5.75 Å². The molecule has 5 heteroatoms. The standard InChI is InChI=1S/C11H14ClNO3/c1-11(2,3)7-16-10-6-8(12)4-5-9(10)13(14)15/h4-6H,7H2,1-3H3. The van der Waals surface area contributed by atoms with E-state index in [0.29, 0.717) is 11.6 Å². The molecular formula is C11H14ClNO3. The molecule has 4 nitrogen and oxygen atoms in total. The molecule has 0 heterocycles. The van der Waals surface area contributed by atoms with Crippen LogP contribution in [0.3, 0.4) is 0 Å². The molecule has 1 rings (SSSR count). The van der Waals surface area contributed by atoms with Gasteiger partial charge >= 0.3 is 5.69 Å². The molecule has 0 aliphatic carbocycles. The Morgan fingerprint density at radius 2 is 2.06 bits per heavy atom. The molecule has 0 saturated carbocycles. The van der Waals surface area contributed by atoms with Crippen molar-refractivity contribution >= 4 is 17.3 Å². The minimum absolute atomic E-state index is 0.0593. The van der Waals surface area contributed by atoms with Gasteiger partial charge in [0.1, 0.15) is 0 Å². The minimum atomic E-state index is -0.478. The van der Waals surface area contributed by atoms with Crippen molar-refractivity contribution in [2.75, 3.05) is 6.61 Å². The van der Waals surface area contributed by atoms with E-state index in [1.165, 1.54) is 18.2 Å². The fraction of sp³-hybridized carbons (Fsp3) is 0.455. The lowest BCUT2D eigenvalue weighted by Gasteiger charge is -2.18. The highest BCUT2D eigenvalue weighted by Gasteiger charge is 2.18. The van der Waals surface area contributed by atoms with E-state index in [2.05, 4.69) is 0 Å². The molecule has 0 atom stereocenters. The van der Waals surface area contributed by atoms with E-state index in [-0.39, 0.29) is 16.9 Å². The molecule has 16 heavy (non-hydrogen) atoms. The van der Waals surface area contributed by atoms with Crippen LogP contribution in [0.15, 0.2) is 18.2 Å². The molecule has 0 aromatic heterocycles. The molecular weight excluding hydrogens is 230 g/mol. The molecule has 1 aromatic carbocycles. The van der Waals surface area contributed by atoms with Gasteiger partial charge < -0.3 is 4.74 Å².